The van der Waals surface area contributed by atoms with Gasteiger partial charge in [0.25, 0.3) is 0 Å². The van der Waals surface area contributed by atoms with Crippen molar-refractivity contribution >= 4 is 36.6 Å². The lowest BCUT2D eigenvalue weighted by atomic mass is 10.2. The lowest BCUT2D eigenvalue weighted by molar-refractivity contribution is -0.0327. The molecule has 0 radical (unpaired) electrons. The summed E-state index contributed by atoms with van der Waals surface area (Å²) in [7, 11) is 0. The van der Waals surface area contributed by atoms with Crippen molar-refractivity contribution in [3.63, 3.8) is 0 Å². The summed E-state index contributed by atoms with van der Waals surface area (Å²) < 4.78 is 53.2. The molecule has 6 amide bonds. The molecule has 0 saturated carbocycles. The minimum Gasteiger partial charge on any atom is -0.446 e. The first-order valence-electron chi connectivity index (χ1n) is 21.3. The number of ether oxygens (including phenoxy) is 10. The van der Waals surface area contributed by atoms with Crippen LogP contribution in [0, 0.1) is 0 Å². The molecule has 0 rings (SSSR count). The van der Waals surface area contributed by atoms with Crippen molar-refractivity contribution in [1.29, 1.82) is 0 Å². The molecule has 0 unspecified atom stereocenters. The lowest BCUT2D eigenvalue weighted by Crippen LogP contribution is -2.39. The zero-order valence-corrected chi connectivity index (χ0v) is 40.8. The van der Waals surface area contributed by atoms with Crippen molar-refractivity contribution in [1.82, 2.24) is 31.7 Å². The Morgan fingerprint density at radius 2 is 0.530 bits per heavy atom. The highest BCUT2D eigenvalue weighted by atomic mass is 16.7. The van der Waals surface area contributed by atoms with Crippen LogP contribution in [-0.4, -0.2) is 187 Å². The largest absolute Gasteiger partial charge is 0.446 e. The lowest BCUT2D eigenvalue weighted by Gasteiger charge is -2.23. The first-order chi connectivity index (χ1) is 30.8. The Morgan fingerprint density at radius 1 is 0.318 bits per heavy atom. The second-order valence-electron chi connectivity index (χ2n) is 17.5. The van der Waals surface area contributed by atoms with E-state index >= 15 is 0 Å². The van der Waals surface area contributed by atoms with Gasteiger partial charge in [-0.2, -0.15) is 21.9 Å². The van der Waals surface area contributed by atoms with Gasteiger partial charge in [-0.15, -0.1) is 0 Å². The Bertz CT molecular complexity index is 1200. The topological polar surface area (TPSA) is 286 Å². The minimum absolute atomic E-state index is 0.00570. The highest BCUT2D eigenvalue weighted by Gasteiger charge is 2.21. The van der Waals surface area contributed by atoms with Gasteiger partial charge in [-0.05, 0) is 83.1 Å². The van der Waals surface area contributed by atoms with Gasteiger partial charge in [-0.3, -0.25) is 19.4 Å². The van der Waals surface area contributed by atoms with Crippen LogP contribution in [-0.2, 0) is 66.7 Å². The summed E-state index contributed by atoms with van der Waals surface area (Å²) in [6.07, 6.45) is -4.54. The van der Waals surface area contributed by atoms with Crippen molar-refractivity contribution in [2.75, 3.05) is 119 Å². The maximum absolute atomic E-state index is 13.1. The van der Waals surface area contributed by atoms with Crippen LogP contribution in [0.4, 0.5) is 28.8 Å². The molecule has 0 bridgehead atoms. The molecule has 0 heterocycles. The fourth-order valence-corrected chi connectivity index (χ4v) is 4.17. The Hall–Kier alpha value is -4.70. The minimum atomic E-state index is -0.758. The summed E-state index contributed by atoms with van der Waals surface area (Å²) in [5, 5.41) is 0. The van der Waals surface area contributed by atoms with Gasteiger partial charge in [-0.25, -0.2) is 28.8 Å². The second-order valence-corrected chi connectivity index (χ2v) is 17.5. The van der Waals surface area contributed by atoms with Gasteiger partial charge in [0.2, 0.25) is 0 Å². The highest BCUT2D eigenvalue weighted by Crippen LogP contribution is 2.09. The molecular weight excluding hydrogens is 884 g/mol. The molecule has 0 atom stereocenters. The number of hydroxylamine groups is 4. The second kappa shape index (κ2) is 33.7. The third kappa shape index (κ3) is 40.8. The van der Waals surface area contributed by atoms with Crippen LogP contribution >= 0.6 is 0 Å². The van der Waals surface area contributed by atoms with Crippen LogP contribution < -0.4 is 21.9 Å². The molecular formula is C40H76N6O20. The van der Waals surface area contributed by atoms with E-state index in [1.165, 1.54) is 9.80 Å². The van der Waals surface area contributed by atoms with Gasteiger partial charge in [0.1, 0.15) is 35.6 Å². The monoisotopic (exact) mass is 961 g/mol. The maximum Gasteiger partial charge on any atom is 0.431 e. The van der Waals surface area contributed by atoms with Crippen molar-refractivity contribution < 1.29 is 95.5 Å². The van der Waals surface area contributed by atoms with Crippen LogP contribution in [0.15, 0.2) is 0 Å². The third-order valence-corrected chi connectivity index (χ3v) is 6.61. The van der Waals surface area contributed by atoms with E-state index in [-0.39, 0.29) is 119 Å². The molecule has 386 valence electrons. The summed E-state index contributed by atoms with van der Waals surface area (Å²) in [4.78, 5) is 95.9. The van der Waals surface area contributed by atoms with E-state index < -0.39 is 59.0 Å². The summed E-state index contributed by atoms with van der Waals surface area (Å²) in [5.41, 5.74) is 5.79. The van der Waals surface area contributed by atoms with E-state index in [0.717, 1.165) is 0 Å². The molecule has 0 saturated heterocycles. The van der Waals surface area contributed by atoms with E-state index in [1.54, 1.807) is 83.1 Å². The number of nitrogens with zero attached hydrogens (tertiary/aromatic N) is 2. The Kier molecular flexibility index (Phi) is 31.3. The predicted octanol–water partition coefficient (Wildman–Crippen LogP) is 3.76. The van der Waals surface area contributed by atoms with Gasteiger partial charge >= 0.3 is 36.6 Å². The summed E-state index contributed by atoms with van der Waals surface area (Å²) >= 11 is 0. The first-order valence-corrected chi connectivity index (χ1v) is 21.3. The predicted molar refractivity (Wildman–Crippen MR) is 230 cm³/mol. The van der Waals surface area contributed by atoms with Crippen LogP contribution in [0.1, 0.15) is 83.1 Å². The van der Waals surface area contributed by atoms with E-state index in [9.17, 15) is 28.8 Å². The third-order valence-electron chi connectivity index (χ3n) is 6.61. The smallest absolute Gasteiger partial charge is 0.431 e. The van der Waals surface area contributed by atoms with Crippen LogP contribution in [0.2, 0.25) is 0 Å². The summed E-state index contributed by atoms with van der Waals surface area (Å²) in [5.74, 6) is 0. The van der Waals surface area contributed by atoms with Crippen LogP contribution in [0.5, 0.6) is 0 Å². The molecule has 0 spiro atoms. The van der Waals surface area contributed by atoms with E-state index in [0.29, 0.717) is 0 Å². The zero-order chi connectivity index (χ0) is 50.1. The van der Waals surface area contributed by atoms with Gasteiger partial charge in [0.15, 0.2) is 0 Å². The van der Waals surface area contributed by atoms with Crippen LogP contribution in [0.25, 0.3) is 0 Å². The summed E-state index contributed by atoms with van der Waals surface area (Å²) in [6.45, 7) is 20.6. The molecule has 26 nitrogen and oxygen atoms in total. The first kappa shape index (κ1) is 61.3. The quantitative estimate of drug-likeness (QED) is 0.0437. The Labute approximate surface area is 387 Å². The highest BCUT2D eigenvalue weighted by molar-refractivity contribution is 5.69. The molecule has 66 heavy (non-hydrogen) atoms. The molecule has 0 aliphatic heterocycles. The van der Waals surface area contributed by atoms with Gasteiger partial charge in [0, 0.05) is 26.2 Å². The normalized spacial score (nSPS) is 11.8. The number of carbonyl (C=O) groups excluding carboxylic acids is 6. The zero-order valence-electron chi connectivity index (χ0n) is 40.8. The van der Waals surface area contributed by atoms with Crippen molar-refractivity contribution in [2.45, 2.75) is 105 Å². The number of hydrogen-bond acceptors (Lipinski definition) is 20. The van der Waals surface area contributed by atoms with E-state index in [2.05, 4.69) is 21.9 Å². The SMILES string of the molecule is CC(C)(C)OC(=O)NOCCOCCN(CCOCCONC(=O)OC(C)(C)C)C(=O)OCCOC(=O)N(CCOCCONC(=O)OC(C)(C)C)CCOCCONC(=O)OC(C)(C)C. The van der Waals surface area contributed by atoms with Gasteiger partial charge in [-0.1, -0.05) is 0 Å². The molecule has 0 aromatic rings. The number of rotatable bonds is 31. The molecule has 26 heteroatoms. The molecule has 0 aromatic carbocycles. The fourth-order valence-electron chi connectivity index (χ4n) is 4.17. The van der Waals surface area contributed by atoms with Crippen molar-refractivity contribution in [2.24, 2.45) is 0 Å². The fraction of sp³-hybridized carbons (Fsp3) is 0.850. The maximum atomic E-state index is 13.1. The summed E-state index contributed by atoms with van der Waals surface area (Å²) in [6, 6.07) is 0. The molecule has 0 aromatic heterocycles. The Morgan fingerprint density at radius 3 is 0.727 bits per heavy atom. The number of hydrogen-bond donors (Lipinski definition) is 4. The average molecular weight is 961 g/mol. The van der Waals surface area contributed by atoms with Gasteiger partial charge in [0.05, 0.1) is 79.3 Å². The number of nitrogens with one attached hydrogen (secondary N) is 4. The van der Waals surface area contributed by atoms with Gasteiger partial charge < -0.3 is 57.2 Å². The van der Waals surface area contributed by atoms with Crippen molar-refractivity contribution in [3.8, 4) is 0 Å². The average Bonchev–Trinajstić information content (AvgIpc) is 3.16. The van der Waals surface area contributed by atoms with Crippen LogP contribution in [0.3, 0.4) is 0 Å². The molecule has 4 N–H and O–H groups in total. The van der Waals surface area contributed by atoms with E-state index in [4.69, 9.17) is 66.7 Å². The molecule has 0 aliphatic rings. The number of carbonyl (C=O) groups is 6. The Balaban J connectivity index is 5.10. The van der Waals surface area contributed by atoms with Crippen molar-refractivity contribution in [3.05, 3.63) is 0 Å². The number of amides is 6. The molecule has 0 fully saturated rings. The molecule has 0 aliphatic carbocycles. The van der Waals surface area contributed by atoms with E-state index in [1.807, 2.05) is 0 Å². The standard InChI is InChI=1S/C40H76N6O20/c1-37(2,3)63-31(47)41-59-27-21-53-17-13-45(14-18-54-22-28-60-42-32(48)64-38(4,5)6)35(51)57-25-26-58-36(52)46(15-19-55-23-29-61-43-33(49)65-39(7,8)9)16-20-56-24-30-62-44-34(50)66-40(10,11)12/h13-30H2,1-12H3,(H,41,47)(H,42,48)(H,43,49)(H,44,50).